The van der Waals surface area contributed by atoms with Gasteiger partial charge in [0.15, 0.2) is 0 Å². The molecule has 1 rings (SSSR count). The number of carbonyl (C=O) groups is 3. The van der Waals surface area contributed by atoms with E-state index in [4.69, 9.17) is 4.74 Å². The summed E-state index contributed by atoms with van der Waals surface area (Å²) in [5.41, 5.74) is 0. The molecule has 1 fully saturated rings. The first kappa shape index (κ1) is 11.5. The summed E-state index contributed by atoms with van der Waals surface area (Å²) in [5.74, 6) is -0.897. The van der Waals surface area contributed by atoms with E-state index in [9.17, 15) is 14.4 Å². The molecule has 0 aromatic rings. The molecule has 0 radical (unpaired) electrons. The zero-order chi connectivity index (χ0) is 11.6. The molecule has 0 aliphatic carbocycles. The number of hydrogen-bond donors (Lipinski definition) is 0. The van der Waals surface area contributed by atoms with Crippen molar-refractivity contribution in [3.63, 3.8) is 0 Å². The van der Waals surface area contributed by atoms with Gasteiger partial charge in [-0.3, -0.25) is 9.69 Å². The highest BCUT2D eigenvalue weighted by molar-refractivity contribution is 6.01. The summed E-state index contributed by atoms with van der Waals surface area (Å²) in [6.07, 6.45) is -0.0163. The van der Waals surface area contributed by atoms with Gasteiger partial charge in [-0.25, -0.2) is 9.59 Å². The molecule has 6 heteroatoms. The first-order valence-corrected chi connectivity index (χ1v) is 4.69. The molecular weight excluding hydrogens is 200 g/mol. The van der Waals surface area contributed by atoms with Gasteiger partial charge in [0, 0.05) is 14.1 Å². The van der Waals surface area contributed by atoms with Crippen LogP contribution >= 0.6 is 0 Å². The predicted molar refractivity (Wildman–Crippen MR) is 51.0 cm³/mol. The molecule has 1 aliphatic rings. The Morgan fingerprint density at radius 2 is 2.07 bits per heavy atom. The normalized spacial score (nSPS) is 21.9. The van der Waals surface area contributed by atoms with Crippen molar-refractivity contribution >= 4 is 17.9 Å². The lowest BCUT2D eigenvalue weighted by Gasteiger charge is -2.34. The summed E-state index contributed by atoms with van der Waals surface area (Å²) >= 11 is 0. The Hall–Kier alpha value is -1.59. The fraction of sp³-hybridized carbons (Fsp3) is 0.667. The number of carbonyl (C=O) groups excluding carboxylic acids is 3. The predicted octanol–water partition coefficient (Wildman–Crippen LogP) is -0.168. The second-order valence-electron chi connectivity index (χ2n) is 3.32. The van der Waals surface area contributed by atoms with Crippen LogP contribution in [-0.4, -0.2) is 54.5 Å². The van der Waals surface area contributed by atoms with Gasteiger partial charge in [-0.2, -0.15) is 0 Å². The molecule has 0 N–H and O–H groups in total. The van der Waals surface area contributed by atoms with Gasteiger partial charge in [-0.05, 0) is 6.92 Å². The van der Waals surface area contributed by atoms with Crippen molar-refractivity contribution in [3.8, 4) is 0 Å². The van der Waals surface area contributed by atoms with Crippen molar-refractivity contribution in [2.24, 2.45) is 0 Å². The Morgan fingerprint density at radius 1 is 1.47 bits per heavy atom. The van der Waals surface area contributed by atoms with Gasteiger partial charge in [0.05, 0.1) is 13.0 Å². The summed E-state index contributed by atoms with van der Waals surface area (Å²) in [4.78, 5) is 36.5. The van der Waals surface area contributed by atoms with Gasteiger partial charge in [0.2, 0.25) is 5.91 Å². The van der Waals surface area contributed by atoms with Crippen LogP contribution in [0, 0.1) is 0 Å². The average Bonchev–Trinajstić information content (AvgIpc) is 2.20. The molecule has 15 heavy (non-hydrogen) atoms. The molecule has 0 spiro atoms. The van der Waals surface area contributed by atoms with Crippen LogP contribution in [0.15, 0.2) is 0 Å². The van der Waals surface area contributed by atoms with E-state index in [1.807, 2.05) is 0 Å². The van der Waals surface area contributed by atoms with E-state index in [1.165, 1.54) is 19.0 Å². The zero-order valence-corrected chi connectivity index (χ0v) is 9.02. The molecule has 1 saturated heterocycles. The lowest BCUT2D eigenvalue weighted by molar-refractivity contribution is -0.152. The van der Waals surface area contributed by atoms with Gasteiger partial charge in [0.1, 0.15) is 6.04 Å². The van der Waals surface area contributed by atoms with E-state index in [0.29, 0.717) is 0 Å². The second-order valence-corrected chi connectivity index (χ2v) is 3.32. The zero-order valence-electron chi connectivity index (χ0n) is 9.02. The van der Waals surface area contributed by atoms with Gasteiger partial charge in [-0.1, -0.05) is 0 Å². The van der Waals surface area contributed by atoms with Crippen molar-refractivity contribution in [3.05, 3.63) is 0 Å². The quantitative estimate of drug-likeness (QED) is 0.599. The molecule has 0 aromatic heterocycles. The Kier molecular flexibility index (Phi) is 3.28. The van der Waals surface area contributed by atoms with E-state index in [2.05, 4.69) is 0 Å². The molecule has 0 bridgehead atoms. The summed E-state index contributed by atoms with van der Waals surface area (Å²) in [6.45, 7) is 1.91. The highest BCUT2D eigenvalue weighted by atomic mass is 16.5. The Morgan fingerprint density at radius 3 is 2.60 bits per heavy atom. The number of esters is 1. The number of rotatable bonds is 2. The maximum absolute atomic E-state index is 11.5. The number of imide groups is 1. The number of ether oxygens (including phenoxy) is 1. The smallest absolute Gasteiger partial charge is 0.329 e. The third-order valence-electron chi connectivity index (χ3n) is 2.36. The Labute approximate surface area is 87.8 Å². The van der Waals surface area contributed by atoms with Crippen LogP contribution in [0.1, 0.15) is 13.3 Å². The van der Waals surface area contributed by atoms with Gasteiger partial charge >= 0.3 is 12.0 Å². The summed E-state index contributed by atoms with van der Waals surface area (Å²) in [7, 11) is 2.87. The Balaban J connectivity index is 2.79. The third kappa shape index (κ3) is 2.08. The van der Waals surface area contributed by atoms with Crippen molar-refractivity contribution in [1.82, 2.24) is 9.80 Å². The van der Waals surface area contributed by atoms with Gasteiger partial charge in [0.25, 0.3) is 0 Å². The van der Waals surface area contributed by atoms with Crippen molar-refractivity contribution in [2.75, 3.05) is 20.7 Å². The largest absolute Gasteiger partial charge is 0.464 e. The second kappa shape index (κ2) is 4.29. The van der Waals surface area contributed by atoms with E-state index in [0.717, 1.165) is 4.90 Å². The van der Waals surface area contributed by atoms with Crippen LogP contribution in [0.25, 0.3) is 0 Å². The van der Waals surface area contributed by atoms with Crippen LogP contribution in [-0.2, 0) is 14.3 Å². The molecule has 1 unspecified atom stereocenters. The molecule has 3 amide bonds. The summed E-state index contributed by atoms with van der Waals surface area (Å²) < 4.78 is 4.78. The molecule has 0 aromatic carbocycles. The Bertz CT molecular complexity index is 302. The van der Waals surface area contributed by atoms with Crippen LogP contribution in [0.4, 0.5) is 4.79 Å². The first-order valence-electron chi connectivity index (χ1n) is 4.69. The third-order valence-corrected chi connectivity index (χ3v) is 2.36. The topological polar surface area (TPSA) is 66.9 Å². The van der Waals surface area contributed by atoms with Crippen molar-refractivity contribution in [1.29, 1.82) is 0 Å². The lowest BCUT2D eigenvalue weighted by atomic mass is 10.1. The SMILES string of the molecule is CCOC(=O)C1CC(=O)N(C)C(=O)N1C. The summed E-state index contributed by atoms with van der Waals surface area (Å²) in [5, 5.41) is 0. The lowest BCUT2D eigenvalue weighted by Crippen LogP contribution is -2.56. The molecule has 6 nitrogen and oxygen atoms in total. The number of hydrogen-bond acceptors (Lipinski definition) is 4. The van der Waals surface area contributed by atoms with Crippen LogP contribution < -0.4 is 0 Å². The number of nitrogens with zero attached hydrogens (tertiary/aromatic N) is 2. The molecule has 0 saturated carbocycles. The fourth-order valence-corrected chi connectivity index (χ4v) is 1.40. The minimum absolute atomic E-state index is 0.0163. The number of urea groups is 1. The maximum Gasteiger partial charge on any atom is 0.329 e. The van der Waals surface area contributed by atoms with Gasteiger partial charge in [-0.15, -0.1) is 0 Å². The molecule has 1 aliphatic heterocycles. The highest BCUT2D eigenvalue weighted by Gasteiger charge is 2.39. The van der Waals surface area contributed by atoms with E-state index in [1.54, 1.807) is 6.92 Å². The molecule has 84 valence electrons. The van der Waals surface area contributed by atoms with Crippen LogP contribution in [0.5, 0.6) is 0 Å². The van der Waals surface area contributed by atoms with Crippen molar-refractivity contribution in [2.45, 2.75) is 19.4 Å². The number of amides is 3. The standard InChI is InChI=1S/C9H14N2O4/c1-4-15-8(13)6-5-7(12)11(3)9(14)10(6)2/h6H,4-5H2,1-3H3. The first-order chi connectivity index (χ1) is 6.99. The molecule has 1 atom stereocenters. The van der Waals surface area contributed by atoms with E-state index < -0.39 is 18.0 Å². The maximum atomic E-state index is 11.5. The van der Waals surface area contributed by atoms with E-state index >= 15 is 0 Å². The number of likely N-dealkylation sites (N-methyl/N-ethyl adjacent to an activating group) is 1. The fourth-order valence-electron chi connectivity index (χ4n) is 1.40. The average molecular weight is 214 g/mol. The van der Waals surface area contributed by atoms with Gasteiger partial charge < -0.3 is 9.64 Å². The molecule has 1 heterocycles. The van der Waals surface area contributed by atoms with Crippen molar-refractivity contribution < 1.29 is 19.1 Å². The minimum Gasteiger partial charge on any atom is -0.464 e. The minimum atomic E-state index is -0.791. The monoisotopic (exact) mass is 214 g/mol. The highest BCUT2D eigenvalue weighted by Crippen LogP contribution is 2.15. The van der Waals surface area contributed by atoms with Crippen LogP contribution in [0.3, 0.4) is 0 Å². The summed E-state index contributed by atoms with van der Waals surface area (Å²) in [6, 6.07) is -1.27. The van der Waals surface area contributed by atoms with E-state index in [-0.39, 0.29) is 18.9 Å². The van der Waals surface area contributed by atoms with Crippen LogP contribution in [0.2, 0.25) is 0 Å². The molecular formula is C9H14N2O4.